The number of benzene rings is 2. The summed E-state index contributed by atoms with van der Waals surface area (Å²) in [6.07, 6.45) is 4.18. The van der Waals surface area contributed by atoms with Crippen molar-refractivity contribution in [2.24, 2.45) is 0 Å². The molecule has 6 nitrogen and oxygen atoms in total. The largest absolute Gasteiger partial charge is 0.493 e. The van der Waals surface area contributed by atoms with Crippen LogP contribution in [0.15, 0.2) is 30.3 Å². The van der Waals surface area contributed by atoms with Crippen LogP contribution in [0.2, 0.25) is 0 Å². The molecule has 1 amide bonds. The number of hydrogen-bond acceptors (Lipinski definition) is 5. The molecule has 1 aliphatic carbocycles. The van der Waals surface area contributed by atoms with Gasteiger partial charge >= 0.3 is 0 Å². The van der Waals surface area contributed by atoms with Crippen molar-refractivity contribution in [3.63, 3.8) is 0 Å². The molecule has 5 rings (SSSR count). The average molecular weight is 351 g/mol. The molecule has 0 radical (unpaired) electrons. The number of rotatable bonds is 2. The fourth-order valence-electron chi connectivity index (χ4n) is 3.94. The van der Waals surface area contributed by atoms with Gasteiger partial charge in [-0.2, -0.15) is 0 Å². The highest BCUT2D eigenvalue weighted by Crippen LogP contribution is 2.48. The van der Waals surface area contributed by atoms with Gasteiger partial charge in [-0.3, -0.25) is 4.79 Å². The van der Waals surface area contributed by atoms with Crippen LogP contribution in [0, 0.1) is 0 Å². The third-order valence-corrected chi connectivity index (χ3v) is 5.20. The van der Waals surface area contributed by atoms with Gasteiger partial charge < -0.3 is 24.3 Å². The third-order valence-electron chi connectivity index (χ3n) is 5.20. The summed E-state index contributed by atoms with van der Waals surface area (Å²) in [6, 6.07) is 7.39. The van der Waals surface area contributed by atoms with Gasteiger partial charge in [0, 0.05) is 11.5 Å². The van der Waals surface area contributed by atoms with Crippen molar-refractivity contribution in [3.8, 4) is 23.0 Å². The van der Waals surface area contributed by atoms with Gasteiger partial charge in [-0.25, -0.2) is 0 Å². The van der Waals surface area contributed by atoms with Gasteiger partial charge in [-0.15, -0.1) is 0 Å². The van der Waals surface area contributed by atoms with E-state index in [-0.39, 0.29) is 24.7 Å². The lowest BCUT2D eigenvalue weighted by atomic mass is 9.76. The zero-order chi connectivity index (χ0) is 17.8. The predicted molar refractivity (Wildman–Crippen MR) is 94.1 cm³/mol. The van der Waals surface area contributed by atoms with E-state index >= 15 is 0 Å². The molecule has 132 valence electrons. The van der Waals surface area contributed by atoms with E-state index in [1.807, 2.05) is 18.2 Å². The van der Waals surface area contributed by atoms with Gasteiger partial charge in [0.05, 0.1) is 20.3 Å². The van der Waals surface area contributed by atoms with Gasteiger partial charge in [0.2, 0.25) is 6.79 Å². The van der Waals surface area contributed by atoms with E-state index in [2.05, 4.69) is 17.5 Å². The minimum atomic E-state index is -0.164. The Kier molecular flexibility index (Phi) is 3.16. The van der Waals surface area contributed by atoms with Gasteiger partial charge in [0.25, 0.3) is 5.91 Å². The van der Waals surface area contributed by atoms with Crippen LogP contribution in [-0.4, -0.2) is 26.9 Å². The molecule has 0 aromatic heterocycles. The lowest BCUT2D eigenvalue weighted by Crippen LogP contribution is -2.39. The van der Waals surface area contributed by atoms with E-state index in [0.29, 0.717) is 22.8 Å². The normalized spacial score (nSPS) is 21.4. The molecule has 2 aliphatic heterocycles. The third kappa shape index (κ3) is 2.02. The monoisotopic (exact) mass is 351 g/mol. The van der Waals surface area contributed by atoms with Crippen molar-refractivity contribution in [1.82, 2.24) is 5.32 Å². The Balaban J connectivity index is 1.66. The lowest BCUT2D eigenvalue weighted by molar-refractivity contribution is 0.0918. The SMILES string of the molecule is COc1cc2c(cc1OC)C1C=Cc3cc4c(cc3C1NC2=O)OCO4. The number of carbonyl (C=O) groups excluding carboxylic acids is 1. The van der Waals surface area contributed by atoms with Gasteiger partial charge in [-0.05, 0) is 41.0 Å². The summed E-state index contributed by atoms with van der Waals surface area (Å²) in [6.45, 7) is 0.224. The van der Waals surface area contributed by atoms with E-state index in [0.717, 1.165) is 22.4 Å². The van der Waals surface area contributed by atoms with E-state index in [1.54, 1.807) is 20.3 Å². The minimum Gasteiger partial charge on any atom is -0.493 e. The highest BCUT2D eigenvalue weighted by Gasteiger charge is 2.38. The molecule has 0 saturated heterocycles. The topological polar surface area (TPSA) is 66.0 Å². The molecule has 26 heavy (non-hydrogen) atoms. The maximum atomic E-state index is 12.8. The molecule has 2 aromatic carbocycles. The van der Waals surface area contributed by atoms with Crippen LogP contribution in [-0.2, 0) is 0 Å². The van der Waals surface area contributed by atoms with Crippen molar-refractivity contribution in [2.45, 2.75) is 12.0 Å². The number of fused-ring (bicyclic) bond motifs is 6. The van der Waals surface area contributed by atoms with Crippen molar-refractivity contribution in [3.05, 3.63) is 52.6 Å². The van der Waals surface area contributed by atoms with Gasteiger partial charge in [0.15, 0.2) is 23.0 Å². The van der Waals surface area contributed by atoms with Crippen molar-refractivity contribution < 1.29 is 23.7 Å². The first-order valence-electron chi connectivity index (χ1n) is 8.38. The summed E-state index contributed by atoms with van der Waals surface area (Å²) >= 11 is 0. The van der Waals surface area contributed by atoms with Gasteiger partial charge in [0.1, 0.15) is 0 Å². The molecule has 0 spiro atoms. The molecule has 0 bridgehead atoms. The van der Waals surface area contributed by atoms with Crippen molar-refractivity contribution in [1.29, 1.82) is 0 Å². The zero-order valence-electron chi connectivity index (χ0n) is 14.4. The Morgan fingerprint density at radius 3 is 2.50 bits per heavy atom. The fraction of sp³-hybridized carbons (Fsp3) is 0.250. The summed E-state index contributed by atoms with van der Waals surface area (Å²) in [5.41, 5.74) is 3.59. The van der Waals surface area contributed by atoms with Crippen LogP contribution in [0.25, 0.3) is 6.08 Å². The predicted octanol–water partition coefficient (Wildman–Crippen LogP) is 3.03. The Morgan fingerprint density at radius 2 is 1.73 bits per heavy atom. The number of methoxy groups -OCH3 is 2. The first-order chi connectivity index (χ1) is 12.7. The van der Waals surface area contributed by atoms with Crippen LogP contribution in [0.1, 0.15) is 39.0 Å². The summed E-state index contributed by atoms with van der Waals surface area (Å²) in [5, 5.41) is 3.13. The number of carbonyl (C=O) groups is 1. The molecule has 2 atom stereocenters. The lowest BCUT2D eigenvalue weighted by Gasteiger charge is -2.36. The van der Waals surface area contributed by atoms with E-state index < -0.39 is 0 Å². The van der Waals surface area contributed by atoms with Crippen LogP contribution < -0.4 is 24.3 Å². The Hall–Kier alpha value is -3.15. The second-order valence-electron chi connectivity index (χ2n) is 6.46. The second-order valence-corrected chi connectivity index (χ2v) is 6.46. The fourth-order valence-corrected chi connectivity index (χ4v) is 3.94. The van der Waals surface area contributed by atoms with Crippen LogP contribution in [0.5, 0.6) is 23.0 Å². The molecule has 2 unspecified atom stereocenters. The molecule has 2 heterocycles. The van der Waals surface area contributed by atoms with Crippen LogP contribution in [0.3, 0.4) is 0 Å². The van der Waals surface area contributed by atoms with Crippen LogP contribution >= 0.6 is 0 Å². The molecular formula is C20H17NO5. The number of ether oxygens (including phenoxy) is 4. The summed E-state index contributed by atoms with van der Waals surface area (Å²) < 4.78 is 21.7. The molecular weight excluding hydrogens is 334 g/mol. The summed E-state index contributed by atoms with van der Waals surface area (Å²) in [4.78, 5) is 12.8. The zero-order valence-corrected chi connectivity index (χ0v) is 14.4. The average Bonchev–Trinajstić information content (AvgIpc) is 3.12. The molecule has 6 heteroatoms. The maximum absolute atomic E-state index is 12.8. The van der Waals surface area contributed by atoms with E-state index in [4.69, 9.17) is 18.9 Å². The van der Waals surface area contributed by atoms with E-state index in [9.17, 15) is 4.79 Å². The van der Waals surface area contributed by atoms with Crippen molar-refractivity contribution >= 4 is 12.0 Å². The van der Waals surface area contributed by atoms with Crippen LogP contribution in [0.4, 0.5) is 0 Å². The standard InChI is InChI=1S/C20H17NO5/c1-23-15-7-13-11-4-3-10-5-17-18(26-9-25-17)6-12(10)19(11)21-20(22)14(13)8-16(15)24-2/h3-8,11,19H,9H2,1-2H3,(H,21,22). The highest BCUT2D eigenvalue weighted by atomic mass is 16.7. The molecule has 0 fully saturated rings. The Labute approximate surface area is 150 Å². The molecule has 0 saturated carbocycles. The first-order valence-corrected chi connectivity index (χ1v) is 8.38. The molecule has 2 aromatic rings. The highest BCUT2D eigenvalue weighted by molar-refractivity contribution is 5.99. The maximum Gasteiger partial charge on any atom is 0.252 e. The smallest absolute Gasteiger partial charge is 0.252 e. The summed E-state index contributed by atoms with van der Waals surface area (Å²) in [7, 11) is 3.16. The minimum absolute atomic E-state index is 0.00961. The second kappa shape index (κ2) is 5.42. The number of amides is 1. The van der Waals surface area contributed by atoms with Crippen molar-refractivity contribution in [2.75, 3.05) is 21.0 Å². The molecule has 3 aliphatic rings. The first kappa shape index (κ1) is 15.1. The summed E-state index contributed by atoms with van der Waals surface area (Å²) in [5.74, 6) is 2.50. The van der Waals surface area contributed by atoms with Gasteiger partial charge in [-0.1, -0.05) is 12.2 Å². The van der Waals surface area contributed by atoms with E-state index in [1.165, 1.54) is 0 Å². The Morgan fingerprint density at radius 1 is 1.00 bits per heavy atom. The molecule has 1 N–H and O–H groups in total. The number of nitrogens with one attached hydrogen (secondary N) is 1. The number of hydrogen-bond donors (Lipinski definition) is 1. The quantitative estimate of drug-likeness (QED) is 0.901. The Bertz CT molecular complexity index is 965.